The maximum atomic E-state index is 13.0. The van der Waals surface area contributed by atoms with Gasteiger partial charge in [0.25, 0.3) is 0 Å². The number of amides is 1. The predicted molar refractivity (Wildman–Crippen MR) is 97.6 cm³/mol. The number of fused-ring (bicyclic) bond motifs is 2. The van der Waals surface area contributed by atoms with Crippen LogP contribution < -0.4 is 4.90 Å². The zero-order valence-electron chi connectivity index (χ0n) is 13.8. The molecule has 0 saturated heterocycles. The number of hydrogen-bond acceptors (Lipinski definition) is 3. The highest BCUT2D eigenvalue weighted by Crippen LogP contribution is 2.48. The van der Waals surface area contributed by atoms with E-state index in [0.29, 0.717) is 12.6 Å². The number of thiophene rings is 1. The maximum absolute atomic E-state index is 13.0. The molecule has 0 spiro atoms. The van der Waals surface area contributed by atoms with Crippen molar-refractivity contribution in [2.24, 2.45) is 5.92 Å². The molecule has 3 aliphatic rings. The van der Waals surface area contributed by atoms with Gasteiger partial charge in [-0.1, -0.05) is 18.2 Å². The second-order valence-corrected chi connectivity index (χ2v) is 8.23. The van der Waals surface area contributed by atoms with Gasteiger partial charge in [-0.2, -0.15) is 0 Å². The van der Waals surface area contributed by atoms with Crippen LogP contribution >= 0.6 is 11.3 Å². The minimum absolute atomic E-state index is 0.268. The van der Waals surface area contributed by atoms with Crippen molar-refractivity contribution in [3.8, 4) is 0 Å². The first-order valence-electron chi connectivity index (χ1n) is 9.00. The first-order chi connectivity index (χ1) is 11.8. The van der Waals surface area contributed by atoms with Gasteiger partial charge in [0.15, 0.2) is 0 Å². The lowest BCUT2D eigenvalue weighted by Gasteiger charge is -2.36. The summed E-state index contributed by atoms with van der Waals surface area (Å²) in [5.41, 5.74) is 3.94. The molecule has 24 heavy (non-hydrogen) atoms. The van der Waals surface area contributed by atoms with E-state index in [1.54, 1.807) is 4.88 Å². The number of nitrogens with zero attached hydrogens (tertiary/aromatic N) is 2. The van der Waals surface area contributed by atoms with Crippen molar-refractivity contribution < 1.29 is 4.79 Å². The summed E-state index contributed by atoms with van der Waals surface area (Å²) in [6, 6.07) is 11.1. The van der Waals surface area contributed by atoms with Crippen molar-refractivity contribution >= 4 is 22.9 Å². The molecule has 1 aromatic heterocycles. The smallest absolute Gasteiger partial charge is 0.241 e. The fourth-order valence-corrected chi connectivity index (χ4v) is 5.31. The van der Waals surface area contributed by atoms with Crippen LogP contribution in [0, 0.1) is 5.92 Å². The van der Waals surface area contributed by atoms with Crippen molar-refractivity contribution in [2.45, 2.75) is 31.7 Å². The molecule has 124 valence electrons. The number of carbonyl (C=O) groups is 1. The van der Waals surface area contributed by atoms with Gasteiger partial charge in [-0.25, -0.2) is 0 Å². The molecule has 1 amide bonds. The molecule has 2 aromatic rings. The number of para-hydroxylation sites is 1. The summed E-state index contributed by atoms with van der Waals surface area (Å²) in [4.78, 5) is 19.0. The van der Waals surface area contributed by atoms with Crippen LogP contribution in [-0.4, -0.2) is 30.4 Å². The number of benzene rings is 1. The van der Waals surface area contributed by atoms with Gasteiger partial charge in [0.05, 0.1) is 6.54 Å². The summed E-state index contributed by atoms with van der Waals surface area (Å²) in [7, 11) is 0. The van der Waals surface area contributed by atoms with E-state index in [1.165, 1.54) is 24.0 Å². The van der Waals surface area contributed by atoms with Gasteiger partial charge in [0.1, 0.15) is 0 Å². The highest BCUT2D eigenvalue weighted by atomic mass is 32.1. The lowest BCUT2D eigenvalue weighted by atomic mass is 9.96. The summed E-state index contributed by atoms with van der Waals surface area (Å²) in [6.07, 6.45) is 4.72. The molecule has 5 rings (SSSR count). The molecule has 1 atom stereocenters. The van der Waals surface area contributed by atoms with E-state index in [0.717, 1.165) is 37.5 Å². The van der Waals surface area contributed by atoms with Gasteiger partial charge >= 0.3 is 0 Å². The Kier molecular flexibility index (Phi) is 3.49. The van der Waals surface area contributed by atoms with Crippen molar-refractivity contribution in [3.63, 3.8) is 0 Å². The molecule has 1 fully saturated rings. The second-order valence-electron chi connectivity index (χ2n) is 7.23. The average molecular weight is 338 g/mol. The molecule has 0 unspecified atom stereocenters. The van der Waals surface area contributed by atoms with Crippen LogP contribution in [0.3, 0.4) is 0 Å². The molecule has 2 aliphatic heterocycles. The summed E-state index contributed by atoms with van der Waals surface area (Å²) in [5.74, 6) is 1.03. The van der Waals surface area contributed by atoms with Gasteiger partial charge in [0.2, 0.25) is 5.91 Å². The number of anilines is 1. The summed E-state index contributed by atoms with van der Waals surface area (Å²) >= 11 is 1.89. The average Bonchev–Trinajstić information content (AvgIpc) is 3.16. The van der Waals surface area contributed by atoms with E-state index in [-0.39, 0.29) is 5.91 Å². The lowest BCUT2D eigenvalue weighted by molar-refractivity contribution is -0.120. The van der Waals surface area contributed by atoms with Crippen LogP contribution in [-0.2, 0) is 17.6 Å². The molecule has 0 bridgehead atoms. The lowest BCUT2D eigenvalue weighted by Crippen LogP contribution is -2.44. The first kappa shape index (κ1) is 14.7. The fourth-order valence-electron chi connectivity index (χ4n) is 4.40. The third-order valence-electron chi connectivity index (χ3n) is 5.71. The Balaban J connectivity index is 1.37. The Labute approximate surface area is 146 Å². The Morgan fingerprint density at radius 1 is 1.12 bits per heavy atom. The van der Waals surface area contributed by atoms with Gasteiger partial charge in [-0.3, -0.25) is 9.69 Å². The third kappa shape index (κ3) is 2.40. The molecule has 1 saturated carbocycles. The zero-order valence-corrected chi connectivity index (χ0v) is 14.6. The molecule has 4 heteroatoms. The van der Waals surface area contributed by atoms with Crippen LogP contribution in [0.5, 0.6) is 0 Å². The van der Waals surface area contributed by atoms with E-state index in [1.807, 2.05) is 22.3 Å². The summed E-state index contributed by atoms with van der Waals surface area (Å²) in [6.45, 7) is 2.42. The van der Waals surface area contributed by atoms with E-state index in [9.17, 15) is 4.79 Å². The standard InChI is InChI=1S/C20H22N2OS/c23-19(22-11-7-14-3-1-2-4-17(14)22)13-21-10-8-18-16(9-12-24-18)20(21)15-5-6-15/h1-4,9,12,15,20H,5-8,10-11,13H2/t20-/m1/s1. The van der Waals surface area contributed by atoms with Gasteiger partial charge in [0, 0.05) is 29.7 Å². The van der Waals surface area contributed by atoms with Crippen LogP contribution in [0.2, 0.25) is 0 Å². The Hall–Kier alpha value is -1.65. The molecule has 0 radical (unpaired) electrons. The minimum atomic E-state index is 0.268. The summed E-state index contributed by atoms with van der Waals surface area (Å²) in [5, 5.41) is 2.22. The topological polar surface area (TPSA) is 23.6 Å². The highest BCUT2D eigenvalue weighted by molar-refractivity contribution is 7.10. The Morgan fingerprint density at radius 2 is 2.00 bits per heavy atom. The molecular weight excluding hydrogens is 316 g/mol. The quantitative estimate of drug-likeness (QED) is 0.853. The second kappa shape index (κ2) is 5.71. The van der Waals surface area contributed by atoms with Crippen LogP contribution in [0.25, 0.3) is 0 Å². The van der Waals surface area contributed by atoms with Crippen LogP contribution in [0.1, 0.15) is 34.9 Å². The molecule has 1 aromatic carbocycles. The van der Waals surface area contributed by atoms with Crippen molar-refractivity contribution in [1.29, 1.82) is 0 Å². The summed E-state index contributed by atoms with van der Waals surface area (Å²) < 4.78 is 0. The molecule has 0 N–H and O–H groups in total. The maximum Gasteiger partial charge on any atom is 0.241 e. The molecule has 1 aliphatic carbocycles. The van der Waals surface area contributed by atoms with Gasteiger partial charge in [-0.15, -0.1) is 11.3 Å². The number of hydrogen-bond donors (Lipinski definition) is 0. The van der Waals surface area contributed by atoms with E-state index < -0.39 is 0 Å². The highest BCUT2D eigenvalue weighted by Gasteiger charge is 2.41. The molecule has 3 heterocycles. The zero-order chi connectivity index (χ0) is 16.1. The SMILES string of the molecule is O=C(CN1CCc2sccc2[C@H]1C1CC1)N1CCc2ccccc21. The molecule has 3 nitrogen and oxygen atoms in total. The largest absolute Gasteiger partial charge is 0.311 e. The van der Waals surface area contributed by atoms with Crippen LogP contribution in [0.15, 0.2) is 35.7 Å². The monoisotopic (exact) mass is 338 g/mol. The van der Waals surface area contributed by atoms with Gasteiger partial charge in [-0.05, 0) is 60.2 Å². The van der Waals surface area contributed by atoms with E-state index in [2.05, 4.69) is 34.5 Å². The number of rotatable bonds is 3. The normalized spacial score (nSPS) is 23.2. The van der Waals surface area contributed by atoms with E-state index in [4.69, 9.17) is 0 Å². The third-order valence-corrected chi connectivity index (χ3v) is 6.71. The number of carbonyl (C=O) groups excluding carboxylic acids is 1. The molecular formula is C20H22N2OS. The van der Waals surface area contributed by atoms with Crippen LogP contribution in [0.4, 0.5) is 5.69 Å². The minimum Gasteiger partial charge on any atom is -0.311 e. The van der Waals surface area contributed by atoms with Gasteiger partial charge < -0.3 is 4.90 Å². The predicted octanol–water partition coefficient (Wildman–Crippen LogP) is 3.65. The van der Waals surface area contributed by atoms with Crippen molar-refractivity contribution in [1.82, 2.24) is 4.90 Å². The Bertz CT molecular complexity index is 779. The van der Waals surface area contributed by atoms with Crippen molar-refractivity contribution in [3.05, 3.63) is 51.7 Å². The first-order valence-corrected chi connectivity index (χ1v) is 9.88. The fraction of sp³-hybridized carbons (Fsp3) is 0.450. The Morgan fingerprint density at radius 3 is 2.88 bits per heavy atom. The van der Waals surface area contributed by atoms with E-state index >= 15 is 0 Å². The van der Waals surface area contributed by atoms with Crippen molar-refractivity contribution in [2.75, 3.05) is 24.5 Å².